The maximum Gasteiger partial charge on any atom is 0.341 e. The lowest BCUT2D eigenvalue weighted by Gasteiger charge is -2.31. The van der Waals surface area contributed by atoms with Gasteiger partial charge < -0.3 is 10.1 Å². The number of halogens is 1. The Morgan fingerprint density at radius 2 is 1.90 bits per heavy atom. The molecule has 1 saturated heterocycles. The van der Waals surface area contributed by atoms with Crippen LogP contribution in [0.25, 0.3) is 0 Å². The molecule has 7 nitrogen and oxygen atoms in total. The van der Waals surface area contributed by atoms with Crippen molar-refractivity contribution in [3.05, 3.63) is 45.3 Å². The molecule has 1 N–H and O–H groups in total. The minimum Gasteiger partial charge on any atom is -0.465 e. The van der Waals surface area contributed by atoms with Gasteiger partial charge in [-0.25, -0.2) is 13.2 Å². The molecule has 1 amide bonds. The zero-order chi connectivity index (χ0) is 22.1. The monoisotopic (exact) mass is 470 g/mol. The van der Waals surface area contributed by atoms with Gasteiger partial charge in [0.2, 0.25) is 15.9 Å². The lowest BCUT2D eigenvalue weighted by Crippen LogP contribution is -2.43. The average molecular weight is 471 g/mol. The molecule has 3 rings (SSSR count). The van der Waals surface area contributed by atoms with Crippen LogP contribution in [-0.4, -0.2) is 44.8 Å². The highest BCUT2D eigenvalue weighted by Gasteiger charge is 2.34. The number of sulfonamides is 1. The Kier molecular flexibility index (Phi) is 6.86. The van der Waals surface area contributed by atoms with Crippen molar-refractivity contribution >= 4 is 49.8 Å². The predicted molar refractivity (Wildman–Crippen MR) is 117 cm³/mol. The maximum atomic E-state index is 12.9. The van der Waals surface area contributed by atoms with Crippen LogP contribution in [0.3, 0.4) is 0 Å². The summed E-state index contributed by atoms with van der Waals surface area (Å²) >= 11 is 7.16. The van der Waals surface area contributed by atoms with E-state index < -0.39 is 21.9 Å². The second-order valence-corrected chi connectivity index (χ2v) is 10.7. The Morgan fingerprint density at radius 3 is 2.53 bits per heavy atom. The molecule has 2 aromatic rings. The summed E-state index contributed by atoms with van der Waals surface area (Å²) in [7, 11) is -2.43. The van der Waals surface area contributed by atoms with E-state index in [-0.39, 0.29) is 17.3 Å². The fraction of sp³-hybridized carbons (Fsp3) is 0.400. The van der Waals surface area contributed by atoms with Gasteiger partial charge in [0, 0.05) is 23.0 Å². The van der Waals surface area contributed by atoms with E-state index in [0.717, 1.165) is 10.4 Å². The molecule has 1 aliphatic heterocycles. The SMILES string of the molecule is COC(=O)c1c(NC(=O)C2CCCN(S(=O)(=O)c3ccc(Cl)cc3)C2)sc(C)c1C. The molecule has 0 radical (unpaired) electrons. The summed E-state index contributed by atoms with van der Waals surface area (Å²) in [4.78, 5) is 26.1. The number of methoxy groups -OCH3 is 1. The summed E-state index contributed by atoms with van der Waals surface area (Å²) in [5.74, 6) is -1.34. The predicted octanol–water partition coefficient (Wildman–Crippen LogP) is 3.84. The highest BCUT2D eigenvalue weighted by molar-refractivity contribution is 7.89. The summed E-state index contributed by atoms with van der Waals surface area (Å²) in [6.45, 7) is 4.09. The third-order valence-corrected chi connectivity index (χ3v) is 8.47. The van der Waals surface area contributed by atoms with Gasteiger partial charge in [0.25, 0.3) is 0 Å². The van der Waals surface area contributed by atoms with Crippen molar-refractivity contribution < 1.29 is 22.7 Å². The first-order valence-electron chi connectivity index (χ1n) is 9.40. The number of thiophene rings is 1. The van der Waals surface area contributed by atoms with Gasteiger partial charge in [-0.15, -0.1) is 11.3 Å². The number of amides is 1. The molecule has 1 atom stereocenters. The van der Waals surface area contributed by atoms with Crippen LogP contribution in [0, 0.1) is 19.8 Å². The van der Waals surface area contributed by atoms with Crippen molar-refractivity contribution in [2.24, 2.45) is 5.92 Å². The molecule has 0 spiro atoms. The number of anilines is 1. The molecule has 2 heterocycles. The van der Waals surface area contributed by atoms with Crippen LogP contribution in [0.15, 0.2) is 29.2 Å². The Bertz CT molecular complexity index is 1060. The Morgan fingerprint density at radius 1 is 1.23 bits per heavy atom. The van der Waals surface area contributed by atoms with Crippen LogP contribution in [0.1, 0.15) is 33.6 Å². The van der Waals surface area contributed by atoms with E-state index in [1.807, 2.05) is 6.92 Å². The zero-order valence-electron chi connectivity index (χ0n) is 16.9. The van der Waals surface area contributed by atoms with Gasteiger partial charge in [-0.05, 0) is 56.5 Å². The van der Waals surface area contributed by atoms with Crippen molar-refractivity contribution in [1.82, 2.24) is 4.31 Å². The Balaban J connectivity index is 1.78. The number of ether oxygens (including phenoxy) is 1. The van der Waals surface area contributed by atoms with E-state index in [0.29, 0.717) is 35.0 Å². The van der Waals surface area contributed by atoms with Crippen LogP contribution >= 0.6 is 22.9 Å². The van der Waals surface area contributed by atoms with Crippen LogP contribution in [0.5, 0.6) is 0 Å². The minimum absolute atomic E-state index is 0.0771. The third-order valence-electron chi connectivity index (χ3n) is 5.22. The smallest absolute Gasteiger partial charge is 0.341 e. The lowest BCUT2D eigenvalue weighted by atomic mass is 9.99. The van der Waals surface area contributed by atoms with E-state index >= 15 is 0 Å². The normalized spacial score (nSPS) is 17.5. The molecule has 0 bridgehead atoms. The number of nitrogens with one attached hydrogen (secondary N) is 1. The third kappa shape index (κ3) is 4.54. The van der Waals surface area contributed by atoms with Gasteiger partial charge >= 0.3 is 5.97 Å². The number of carbonyl (C=O) groups is 2. The largest absolute Gasteiger partial charge is 0.465 e. The number of hydrogen-bond acceptors (Lipinski definition) is 6. The molecule has 30 heavy (non-hydrogen) atoms. The standard InChI is InChI=1S/C20H23ClN2O5S2/c1-12-13(2)29-19(17(12)20(25)28-3)22-18(24)14-5-4-10-23(11-14)30(26,27)16-8-6-15(21)7-9-16/h6-9,14H,4-5,10-11H2,1-3H3,(H,22,24). The van der Waals surface area contributed by atoms with E-state index in [1.54, 1.807) is 6.92 Å². The van der Waals surface area contributed by atoms with E-state index in [4.69, 9.17) is 16.3 Å². The average Bonchev–Trinajstić information content (AvgIpc) is 3.01. The van der Waals surface area contributed by atoms with Crippen LogP contribution in [-0.2, 0) is 19.6 Å². The first-order valence-corrected chi connectivity index (χ1v) is 12.0. The van der Waals surface area contributed by atoms with E-state index in [1.165, 1.54) is 47.0 Å². The van der Waals surface area contributed by atoms with Gasteiger partial charge in [0.15, 0.2) is 0 Å². The Hall–Kier alpha value is -1.94. The number of hydrogen-bond donors (Lipinski definition) is 1. The van der Waals surface area contributed by atoms with E-state index in [2.05, 4.69) is 5.32 Å². The minimum atomic E-state index is -3.72. The summed E-state index contributed by atoms with van der Waals surface area (Å²) in [6.07, 6.45) is 1.13. The summed E-state index contributed by atoms with van der Waals surface area (Å²) in [5, 5.41) is 3.70. The van der Waals surface area contributed by atoms with Crippen molar-refractivity contribution in [1.29, 1.82) is 0 Å². The number of nitrogens with zero attached hydrogens (tertiary/aromatic N) is 1. The molecule has 1 aliphatic rings. The number of benzene rings is 1. The molecule has 1 aromatic carbocycles. The molecule has 1 unspecified atom stereocenters. The highest BCUT2D eigenvalue weighted by Crippen LogP contribution is 2.34. The van der Waals surface area contributed by atoms with Crippen LogP contribution in [0.4, 0.5) is 5.00 Å². The number of aryl methyl sites for hydroxylation is 1. The van der Waals surface area contributed by atoms with Gasteiger partial charge in [-0.1, -0.05) is 11.6 Å². The summed E-state index contributed by atoms with van der Waals surface area (Å²) < 4.78 is 32.1. The number of piperidine rings is 1. The molecule has 0 saturated carbocycles. The highest BCUT2D eigenvalue weighted by atomic mass is 35.5. The topological polar surface area (TPSA) is 92.8 Å². The summed E-state index contributed by atoms with van der Waals surface area (Å²) in [6, 6.07) is 5.97. The van der Waals surface area contributed by atoms with Crippen LogP contribution in [0.2, 0.25) is 5.02 Å². The van der Waals surface area contributed by atoms with Crippen molar-refractivity contribution in [3.63, 3.8) is 0 Å². The van der Waals surface area contributed by atoms with Crippen LogP contribution < -0.4 is 5.32 Å². The zero-order valence-corrected chi connectivity index (χ0v) is 19.3. The second-order valence-electron chi connectivity index (χ2n) is 7.12. The fourth-order valence-electron chi connectivity index (χ4n) is 3.41. The molecule has 1 aromatic heterocycles. The number of esters is 1. The van der Waals surface area contributed by atoms with E-state index in [9.17, 15) is 18.0 Å². The lowest BCUT2D eigenvalue weighted by molar-refractivity contribution is -0.120. The van der Waals surface area contributed by atoms with Gasteiger partial charge in [-0.2, -0.15) is 4.31 Å². The molecule has 162 valence electrons. The molecule has 0 aliphatic carbocycles. The molecular formula is C20H23ClN2O5S2. The quantitative estimate of drug-likeness (QED) is 0.670. The first-order chi connectivity index (χ1) is 14.1. The second kappa shape index (κ2) is 9.05. The Labute approximate surface area is 185 Å². The first kappa shape index (κ1) is 22.7. The van der Waals surface area contributed by atoms with Gasteiger partial charge in [0.05, 0.1) is 23.5 Å². The summed E-state index contributed by atoms with van der Waals surface area (Å²) in [5.41, 5.74) is 1.10. The maximum absolute atomic E-state index is 12.9. The van der Waals surface area contributed by atoms with Gasteiger partial charge in [-0.3, -0.25) is 4.79 Å². The molecule has 1 fully saturated rings. The molecular weight excluding hydrogens is 448 g/mol. The van der Waals surface area contributed by atoms with Gasteiger partial charge in [0.1, 0.15) is 5.00 Å². The number of carbonyl (C=O) groups excluding carboxylic acids is 2. The van der Waals surface area contributed by atoms with Crippen molar-refractivity contribution in [2.75, 3.05) is 25.5 Å². The number of rotatable bonds is 5. The fourth-order valence-corrected chi connectivity index (χ4v) is 6.11. The van der Waals surface area contributed by atoms with Crippen molar-refractivity contribution in [2.45, 2.75) is 31.6 Å². The molecule has 10 heteroatoms. The van der Waals surface area contributed by atoms with Crippen molar-refractivity contribution in [3.8, 4) is 0 Å².